The van der Waals surface area contributed by atoms with E-state index in [2.05, 4.69) is 10.7 Å². The standard InChI is InChI=1S/C32H34N4O3/c1-4-36(35-28-15-17-29(39-3)18-16-28)32(38)30(34-31(37)26-9-5-7-22(2)19-26)20-23-11-13-24(14-12-23)25-8-6-10-27(33)21-25/h5-19,21,30,35H,4,20,33H2,1-3H3,(H,34,37). The van der Waals surface area contributed by atoms with Crippen molar-refractivity contribution in [2.24, 2.45) is 0 Å². The number of anilines is 2. The molecule has 1 unspecified atom stereocenters. The molecule has 7 nitrogen and oxygen atoms in total. The zero-order chi connectivity index (χ0) is 27.8. The number of carbonyl (C=O) groups excluding carboxylic acids is 2. The largest absolute Gasteiger partial charge is 0.497 e. The van der Waals surface area contributed by atoms with Crippen LogP contribution in [0, 0.1) is 6.92 Å². The lowest BCUT2D eigenvalue weighted by molar-refractivity contribution is -0.131. The number of hydrazine groups is 1. The van der Waals surface area contributed by atoms with Gasteiger partial charge in [0.1, 0.15) is 11.8 Å². The van der Waals surface area contributed by atoms with Crippen LogP contribution in [0.4, 0.5) is 11.4 Å². The number of aryl methyl sites for hydroxylation is 1. The van der Waals surface area contributed by atoms with Gasteiger partial charge in [0.2, 0.25) is 0 Å². The van der Waals surface area contributed by atoms with E-state index in [1.807, 2.05) is 105 Å². The van der Waals surface area contributed by atoms with Crippen molar-refractivity contribution in [2.75, 3.05) is 24.8 Å². The summed E-state index contributed by atoms with van der Waals surface area (Å²) in [4.78, 5) is 27.0. The average Bonchev–Trinajstić information content (AvgIpc) is 2.96. The lowest BCUT2D eigenvalue weighted by Crippen LogP contribution is -2.51. The first-order chi connectivity index (χ1) is 18.9. The summed E-state index contributed by atoms with van der Waals surface area (Å²) in [5.74, 6) is 0.183. The Bertz CT molecular complexity index is 1420. The van der Waals surface area contributed by atoms with Crippen molar-refractivity contribution in [1.29, 1.82) is 0 Å². The summed E-state index contributed by atoms with van der Waals surface area (Å²) in [6.07, 6.45) is 0.328. The zero-order valence-electron chi connectivity index (χ0n) is 22.5. The molecule has 4 N–H and O–H groups in total. The molecule has 4 aromatic rings. The molecule has 0 spiro atoms. The SMILES string of the molecule is CCN(Nc1ccc(OC)cc1)C(=O)C(Cc1ccc(-c2cccc(N)c2)cc1)NC(=O)c1cccc(C)c1. The number of hydrogen-bond acceptors (Lipinski definition) is 5. The molecular formula is C32H34N4O3. The first kappa shape index (κ1) is 27.3. The molecule has 0 aliphatic heterocycles. The fraction of sp³-hybridized carbons (Fsp3) is 0.188. The maximum Gasteiger partial charge on any atom is 0.263 e. The fourth-order valence-corrected chi connectivity index (χ4v) is 4.31. The Hall–Kier alpha value is -4.78. The predicted octanol–water partition coefficient (Wildman–Crippen LogP) is 5.47. The normalized spacial score (nSPS) is 11.4. The molecule has 200 valence electrons. The van der Waals surface area contributed by atoms with Gasteiger partial charge < -0.3 is 15.8 Å². The van der Waals surface area contributed by atoms with Gasteiger partial charge in [-0.25, -0.2) is 0 Å². The summed E-state index contributed by atoms with van der Waals surface area (Å²) in [7, 11) is 1.60. The number of nitrogens with one attached hydrogen (secondary N) is 2. The molecular weight excluding hydrogens is 488 g/mol. The van der Waals surface area contributed by atoms with Crippen LogP contribution < -0.4 is 21.2 Å². The van der Waals surface area contributed by atoms with Crippen LogP contribution in [0.2, 0.25) is 0 Å². The third-order valence-electron chi connectivity index (χ3n) is 6.43. The number of hydrogen-bond donors (Lipinski definition) is 3. The maximum absolute atomic E-state index is 13.8. The van der Waals surface area contributed by atoms with Crippen LogP contribution in [0.25, 0.3) is 11.1 Å². The Kier molecular flexibility index (Phi) is 8.84. The number of methoxy groups -OCH3 is 1. The van der Waals surface area contributed by atoms with E-state index in [0.717, 1.165) is 33.7 Å². The van der Waals surface area contributed by atoms with Gasteiger partial charge in [0, 0.05) is 24.2 Å². The van der Waals surface area contributed by atoms with E-state index >= 15 is 0 Å². The minimum atomic E-state index is -0.790. The number of carbonyl (C=O) groups is 2. The molecule has 0 aliphatic carbocycles. The van der Waals surface area contributed by atoms with Crippen LogP contribution in [0.3, 0.4) is 0 Å². The van der Waals surface area contributed by atoms with Gasteiger partial charge in [-0.15, -0.1) is 0 Å². The quantitative estimate of drug-likeness (QED) is 0.190. The lowest BCUT2D eigenvalue weighted by Gasteiger charge is -2.28. The summed E-state index contributed by atoms with van der Waals surface area (Å²) in [5, 5.41) is 4.49. The number of likely N-dealkylation sites (N-methyl/N-ethyl adjacent to an activating group) is 1. The Morgan fingerprint density at radius 1 is 0.897 bits per heavy atom. The Morgan fingerprint density at radius 3 is 2.26 bits per heavy atom. The molecule has 0 heterocycles. The Labute approximate surface area is 229 Å². The van der Waals surface area contributed by atoms with Gasteiger partial charge in [0.25, 0.3) is 11.8 Å². The highest BCUT2D eigenvalue weighted by molar-refractivity contribution is 5.98. The molecule has 2 amide bonds. The summed E-state index contributed by atoms with van der Waals surface area (Å²) in [6, 6.07) is 29.5. The first-order valence-corrected chi connectivity index (χ1v) is 12.9. The summed E-state index contributed by atoms with van der Waals surface area (Å²) in [6.45, 7) is 4.21. The number of ether oxygens (including phenoxy) is 1. The number of rotatable bonds is 10. The third kappa shape index (κ3) is 7.17. The van der Waals surface area contributed by atoms with Crippen molar-refractivity contribution in [2.45, 2.75) is 26.3 Å². The van der Waals surface area contributed by atoms with Crippen LogP contribution in [0.5, 0.6) is 5.75 Å². The number of nitrogens with zero attached hydrogens (tertiary/aromatic N) is 1. The molecule has 7 heteroatoms. The average molecular weight is 523 g/mol. The first-order valence-electron chi connectivity index (χ1n) is 12.9. The number of benzene rings is 4. The number of amides is 2. The van der Waals surface area contributed by atoms with Gasteiger partial charge in [-0.1, -0.05) is 54.1 Å². The molecule has 0 radical (unpaired) electrons. The number of nitrogens with two attached hydrogens (primary N) is 1. The second-order valence-electron chi connectivity index (χ2n) is 9.34. The van der Waals surface area contributed by atoms with E-state index in [0.29, 0.717) is 24.2 Å². The van der Waals surface area contributed by atoms with Crippen molar-refractivity contribution >= 4 is 23.2 Å². The highest BCUT2D eigenvalue weighted by Gasteiger charge is 2.26. The molecule has 0 bridgehead atoms. The highest BCUT2D eigenvalue weighted by Crippen LogP contribution is 2.23. The van der Waals surface area contributed by atoms with Crippen molar-refractivity contribution in [3.63, 3.8) is 0 Å². The molecule has 39 heavy (non-hydrogen) atoms. The summed E-state index contributed by atoms with van der Waals surface area (Å²) < 4.78 is 5.23. The van der Waals surface area contributed by atoms with Crippen molar-refractivity contribution in [3.8, 4) is 16.9 Å². The van der Waals surface area contributed by atoms with Crippen LogP contribution >= 0.6 is 0 Å². The van der Waals surface area contributed by atoms with Crippen LogP contribution in [-0.2, 0) is 11.2 Å². The van der Waals surface area contributed by atoms with Crippen LogP contribution in [0.1, 0.15) is 28.4 Å². The molecule has 0 aromatic heterocycles. The van der Waals surface area contributed by atoms with E-state index in [9.17, 15) is 9.59 Å². The monoisotopic (exact) mass is 522 g/mol. The molecule has 0 saturated heterocycles. The molecule has 4 rings (SSSR count). The molecule has 0 saturated carbocycles. The topological polar surface area (TPSA) is 96.7 Å². The molecule has 1 atom stereocenters. The minimum Gasteiger partial charge on any atom is -0.497 e. The number of nitrogen functional groups attached to an aromatic ring is 1. The van der Waals surface area contributed by atoms with Gasteiger partial charge in [-0.3, -0.25) is 20.0 Å². The van der Waals surface area contributed by atoms with Crippen LogP contribution in [0.15, 0.2) is 97.1 Å². The minimum absolute atomic E-state index is 0.241. The zero-order valence-corrected chi connectivity index (χ0v) is 22.5. The Balaban J connectivity index is 1.57. The van der Waals surface area contributed by atoms with Crippen molar-refractivity contribution < 1.29 is 14.3 Å². The summed E-state index contributed by atoms with van der Waals surface area (Å²) in [5.41, 5.74) is 15.0. The molecule has 0 fully saturated rings. The van der Waals surface area contributed by atoms with Crippen molar-refractivity contribution in [3.05, 3.63) is 114 Å². The van der Waals surface area contributed by atoms with Crippen molar-refractivity contribution in [1.82, 2.24) is 10.3 Å². The Morgan fingerprint density at radius 2 is 1.62 bits per heavy atom. The molecule has 4 aromatic carbocycles. The van der Waals surface area contributed by atoms with Crippen LogP contribution in [-0.4, -0.2) is 36.5 Å². The van der Waals surface area contributed by atoms with E-state index in [1.165, 1.54) is 5.01 Å². The van der Waals surface area contributed by atoms with E-state index < -0.39 is 6.04 Å². The molecule has 0 aliphatic rings. The fourth-order valence-electron chi connectivity index (χ4n) is 4.31. The second-order valence-corrected chi connectivity index (χ2v) is 9.34. The summed E-state index contributed by atoms with van der Waals surface area (Å²) >= 11 is 0. The van der Waals surface area contributed by atoms with E-state index in [-0.39, 0.29) is 11.8 Å². The van der Waals surface area contributed by atoms with E-state index in [1.54, 1.807) is 13.2 Å². The van der Waals surface area contributed by atoms with E-state index in [4.69, 9.17) is 10.5 Å². The highest BCUT2D eigenvalue weighted by atomic mass is 16.5. The smallest absolute Gasteiger partial charge is 0.263 e. The van der Waals surface area contributed by atoms with Gasteiger partial charge in [-0.05, 0) is 79.1 Å². The predicted molar refractivity (Wildman–Crippen MR) is 156 cm³/mol. The van der Waals surface area contributed by atoms with Gasteiger partial charge in [-0.2, -0.15) is 0 Å². The van der Waals surface area contributed by atoms with Gasteiger partial charge in [0.05, 0.1) is 12.8 Å². The second kappa shape index (κ2) is 12.6. The maximum atomic E-state index is 13.8. The third-order valence-corrected chi connectivity index (χ3v) is 6.43. The van der Waals surface area contributed by atoms with Gasteiger partial charge >= 0.3 is 0 Å². The lowest BCUT2D eigenvalue weighted by atomic mass is 9.99. The van der Waals surface area contributed by atoms with Gasteiger partial charge in [0.15, 0.2) is 0 Å².